The molecule has 0 spiro atoms. The van der Waals surface area contributed by atoms with E-state index in [-0.39, 0.29) is 21.9 Å². The molecule has 0 amide bonds. The van der Waals surface area contributed by atoms with Crippen molar-refractivity contribution in [1.29, 1.82) is 0 Å². The number of non-ortho nitro benzene ring substituents is 1. The minimum atomic E-state index is -4.27. The normalized spacial score (nSPS) is 17.4. The van der Waals surface area contributed by atoms with Gasteiger partial charge in [0.2, 0.25) is 0 Å². The van der Waals surface area contributed by atoms with Gasteiger partial charge in [0.15, 0.2) is 11.5 Å². The Hall–Kier alpha value is -2.38. The summed E-state index contributed by atoms with van der Waals surface area (Å²) in [5.41, 5.74) is 2.30. The number of rotatable bonds is 8. The maximum absolute atomic E-state index is 10.5. The van der Waals surface area contributed by atoms with Crippen molar-refractivity contribution in [3.05, 3.63) is 57.6 Å². The molecule has 1 aliphatic heterocycles. The molecule has 1 unspecified atom stereocenters. The molecule has 0 aliphatic carbocycles. The number of aliphatic hydroxyl groups excluding tert-OH is 1. The molecule has 0 saturated heterocycles. The van der Waals surface area contributed by atoms with E-state index < -0.39 is 15.0 Å². The maximum atomic E-state index is 10.5. The van der Waals surface area contributed by atoms with Crippen LogP contribution in [0.1, 0.15) is 18.1 Å². The molecular weight excluding hydrogens is 474 g/mol. The summed E-state index contributed by atoms with van der Waals surface area (Å²) >= 11 is 1.89. The average molecular weight is 502 g/mol. The van der Waals surface area contributed by atoms with Gasteiger partial charge in [-0.2, -0.15) is 8.42 Å². The van der Waals surface area contributed by atoms with Crippen LogP contribution in [0.5, 0.6) is 11.5 Å². The molecule has 10 nitrogen and oxygen atoms in total. The number of nitro groups is 1. The number of aliphatic hydroxyl groups is 1. The van der Waals surface area contributed by atoms with Gasteiger partial charge in [-0.3, -0.25) is 14.7 Å². The lowest BCUT2D eigenvalue weighted by Gasteiger charge is -2.35. The molecule has 0 bridgehead atoms. The topological polar surface area (TPSA) is 145 Å². The van der Waals surface area contributed by atoms with Crippen molar-refractivity contribution < 1.29 is 37.2 Å². The number of benzene rings is 2. The number of thioether (sulfide) groups is 1. The third-order valence-corrected chi connectivity index (χ3v) is 7.18. The van der Waals surface area contributed by atoms with Gasteiger partial charge in [0.1, 0.15) is 0 Å². The second-order valence-electron chi connectivity index (χ2n) is 7.20. The van der Waals surface area contributed by atoms with Crippen LogP contribution in [0, 0.1) is 10.1 Å². The van der Waals surface area contributed by atoms with E-state index in [9.17, 15) is 18.5 Å². The maximum Gasteiger partial charge on any atom is 0.294 e. The van der Waals surface area contributed by atoms with Crippen LogP contribution in [-0.2, 0) is 26.0 Å². The van der Waals surface area contributed by atoms with Crippen molar-refractivity contribution in [2.75, 3.05) is 39.8 Å². The zero-order valence-electron chi connectivity index (χ0n) is 18.5. The van der Waals surface area contributed by atoms with E-state index in [1.807, 2.05) is 11.8 Å². The van der Waals surface area contributed by atoms with Gasteiger partial charge >= 0.3 is 0 Å². The monoisotopic (exact) mass is 501 g/mol. The third-order valence-electron chi connectivity index (χ3n) is 4.93. The number of hydrogen-bond donors (Lipinski definition) is 2. The lowest BCUT2D eigenvalue weighted by molar-refractivity contribution is -0.384. The molecule has 2 aromatic rings. The fourth-order valence-corrected chi connectivity index (χ4v) is 5.04. The first-order chi connectivity index (χ1) is 15.6. The molecule has 2 N–H and O–H groups in total. The summed E-state index contributed by atoms with van der Waals surface area (Å²) in [6, 6.07) is 8.06. The molecule has 3 rings (SSSR count). The Bertz CT molecular complexity index is 1060. The van der Waals surface area contributed by atoms with Crippen molar-refractivity contribution in [2.45, 2.75) is 23.0 Å². The summed E-state index contributed by atoms with van der Waals surface area (Å²) in [6.45, 7) is 3.19. The molecule has 1 atom stereocenters. The number of nitro benzene ring substituents is 1. The van der Waals surface area contributed by atoms with Crippen molar-refractivity contribution >= 4 is 27.6 Å². The summed E-state index contributed by atoms with van der Waals surface area (Å²) in [6.07, 6.45) is 1.02. The molecule has 182 valence electrons. The number of fused-ring (bicyclic) bond motifs is 1. The molecule has 12 heteroatoms. The van der Waals surface area contributed by atoms with Gasteiger partial charge < -0.3 is 19.3 Å². The predicted octanol–water partition coefficient (Wildman–Crippen LogP) is 3.06. The molecule has 0 saturated carbocycles. The van der Waals surface area contributed by atoms with Crippen LogP contribution in [0.25, 0.3) is 0 Å². The van der Waals surface area contributed by atoms with Gasteiger partial charge in [-0.25, -0.2) is 0 Å². The first-order valence-corrected chi connectivity index (χ1v) is 12.3. The van der Waals surface area contributed by atoms with Crippen LogP contribution in [0.3, 0.4) is 0 Å². The summed E-state index contributed by atoms with van der Waals surface area (Å²) in [7, 11) is -0.957. The van der Waals surface area contributed by atoms with Crippen molar-refractivity contribution in [3.63, 3.8) is 0 Å². The second kappa shape index (κ2) is 11.7. The van der Waals surface area contributed by atoms with Gasteiger partial charge in [-0.1, -0.05) is 0 Å². The number of nitrogens with zero attached hydrogens (tertiary/aromatic N) is 1. The quantitative estimate of drug-likeness (QED) is 0.239. The number of methoxy groups -OCH3 is 2. The number of hydrogen-bond acceptors (Lipinski definition) is 9. The lowest BCUT2D eigenvalue weighted by Crippen LogP contribution is -2.30. The lowest BCUT2D eigenvalue weighted by atomic mass is 9.92. The molecule has 1 heterocycles. The van der Waals surface area contributed by atoms with Crippen molar-refractivity contribution in [1.82, 2.24) is 0 Å². The van der Waals surface area contributed by atoms with Crippen molar-refractivity contribution in [2.24, 2.45) is 0 Å². The van der Waals surface area contributed by atoms with Crippen LogP contribution < -0.4 is 9.47 Å². The SMILES string of the molecule is COc1cc2c(cc1OC)C(C)(COCCO)SCC2.O=[N+]([O-])c1ccc(S(=O)(=O)O)cc1. The van der Waals surface area contributed by atoms with Gasteiger partial charge in [0.05, 0.1) is 48.6 Å². The zero-order valence-corrected chi connectivity index (χ0v) is 20.1. The molecule has 0 fully saturated rings. The van der Waals surface area contributed by atoms with Crippen LogP contribution in [0.4, 0.5) is 5.69 Å². The van der Waals surface area contributed by atoms with Crippen LogP contribution in [0.2, 0.25) is 0 Å². The van der Waals surface area contributed by atoms with Gasteiger partial charge in [-0.05, 0) is 54.5 Å². The standard InChI is InChI=1S/C15H22O4S.C6H5NO5S/c1-15(10-19-6-5-16)12-9-14(18-3)13(17-2)8-11(12)4-7-20-15;8-7(9)5-1-3-6(4-2-5)13(10,11)12/h8-9,16H,4-7,10H2,1-3H3;1-4H,(H,10,11,12). The fraction of sp³-hybridized carbons (Fsp3) is 0.429. The van der Waals surface area contributed by atoms with Gasteiger partial charge in [0, 0.05) is 12.1 Å². The highest BCUT2D eigenvalue weighted by Gasteiger charge is 2.34. The third kappa shape index (κ3) is 7.05. The Labute approximate surface area is 196 Å². The minimum Gasteiger partial charge on any atom is -0.493 e. The van der Waals surface area contributed by atoms with Crippen LogP contribution in [0.15, 0.2) is 41.3 Å². The first-order valence-electron chi connectivity index (χ1n) is 9.85. The molecule has 0 aromatic heterocycles. The summed E-state index contributed by atoms with van der Waals surface area (Å²) in [5, 5.41) is 19.0. The molecule has 2 aromatic carbocycles. The van der Waals surface area contributed by atoms with E-state index in [1.165, 1.54) is 11.1 Å². The number of ether oxygens (including phenoxy) is 3. The van der Waals surface area contributed by atoms with E-state index in [0.29, 0.717) is 13.2 Å². The Morgan fingerprint density at radius 2 is 1.76 bits per heavy atom. The van der Waals surface area contributed by atoms with Crippen LogP contribution >= 0.6 is 11.8 Å². The Kier molecular flexibility index (Phi) is 9.49. The molecule has 1 aliphatic rings. The van der Waals surface area contributed by atoms with E-state index in [4.69, 9.17) is 23.9 Å². The molecule has 33 heavy (non-hydrogen) atoms. The van der Waals surface area contributed by atoms with Crippen LogP contribution in [-0.4, -0.2) is 62.8 Å². The number of aryl methyl sites for hydroxylation is 1. The average Bonchev–Trinajstić information content (AvgIpc) is 2.78. The van der Waals surface area contributed by atoms with Gasteiger partial charge in [-0.15, -0.1) is 11.8 Å². The summed E-state index contributed by atoms with van der Waals surface area (Å²) in [5.74, 6) is 2.58. The second-order valence-corrected chi connectivity index (χ2v) is 10.2. The Morgan fingerprint density at radius 3 is 2.27 bits per heavy atom. The van der Waals surface area contributed by atoms with E-state index in [2.05, 4.69) is 19.1 Å². The smallest absolute Gasteiger partial charge is 0.294 e. The Morgan fingerprint density at radius 1 is 1.15 bits per heavy atom. The largest absolute Gasteiger partial charge is 0.493 e. The predicted molar refractivity (Wildman–Crippen MR) is 124 cm³/mol. The first kappa shape index (κ1) is 26.9. The highest BCUT2D eigenvalue weighted by molar-refractivity contribution is 8.00. The van der Waals surface area contributed by atoms with Crippen molar-refractivity contribution in [3.8, 4) is 11.5 Å². The minimum absolute atomic E-state index is 0.0551. The molecule has 0 radical (unpaired) electrons. The fourth-order valence-electron chi connectivity index (χ4n) is 3.27. The van der Waals surface area contributed by atoms with E-state index >= 15 is 0 Å². The van der Waals surface area contributed by atoms with E-state index in [0.717, 1.165) is 47.9 Å². The zero-order chi connectivity index (χ0) is 24.6. The van der Waals surface area contributed by atoms with E-state index in [1.54, 1.807) is 14.2 Å². The molecular formula is C21H27NO9S2. The Balaban J connectivity index is 0.000000257. The highest BCUT2D eigenvalue weighted by atomic mass is 32.2. The summed E-state index contributed by atoms with van der Waals surface area (Å²) < 4.78 is 45.8. The summed E-state index contributed by atoms with van der Waals surface area (Å²) in [4.78, 5) is 9.13. The van der Waals surface area contributed by atoms with Gasteiger partial charge in [0.25, 0.3) is 15.8 Å². The highest BCUT2D eigenvalue weighted by Crippen LogP contribution is 2.46.